The molecular weight excluding hydrogens is 741 g/mol. The van der Waals surface area contributed by atoms with Crippen LogP contribution < -0.4 is 5.32 Å². The van der Waals surface area contributed by atoms with Gasteiger partial charge in [0.15, 0.2) is 11.5 Å². The number of likely N-dealkylation sites (tertiary alicyclic amines) is 1. The second-order valence-corrected chi connectivity index (χ2v) is 12.5. The lowest BCUT2D eigenvalue weighted by molar-refractivity contribution is -0.193. The van der Waals surface area contributed by atoms with E-state index in [4.69, 9.17) is 29.7 Å². The summed E-state index contributed by atoms with van der Waals surface area (Å²) in [4.78, 5) is 47.0. The SMILES string of the molecule is CC(C)N1CCN(CC2CC2)CC1c1nnc2ccc(C(=O)NCCN3CCCC3)cn12.O=C(O)C(F)(F)F.O=C(O)C(F)(F)F.O=C(O)C(F)(F)F. The van der Waals surface area contributed by atoms with Crippen LogP contribution in [0.25, 0.3) is 5.65 Å². The molecule has 1 saturated carbocycles. The molecular formula is C30H40F9N7O7. The molecule has 1 aliphatic carbocycles. The van der Waals surface area contributed by atoms with Crippen LogP contribution in [-0.4, -0.2) is 145 Å². The zero-order chi connectivity index (χ0) is 40.3. The minimum atomic E-state index is -5.08. The molecule has 2 saturated heterocycles. The third-order valence-electron chi connectivity index (χ3n) is 8.01. The number of alkyl halides is 9. The van der Waals surface area contributed by atoms with Gasteiger partial charge in [-0.2, -0.15) is 39.5 Å². The lowest BCUT2D eigenvalue weighted by Crippen LogP contribution is -2.51. The first-order valence-corrected chi connectivity index (χ1v) is 16.2. The van der Waals surface area contributed by atoms with Crippen molar-refractivity contribution in [1.82, 2.24) is 34.6 Å². The van der Waals surface area contributed by atoms with Gasteiger partial charge in [-0.15, -0.1) is 10.2 Å². The molecule has 4 N–H and O–H groups in total. The molecule has 14 nitrogen and oxygen atoms in total. The highest BCUT2D eigenvalue weighted by Gasteiger charge is 2.40. The molecule has 1 unspecified atom stereocenters. The Labute approximate surface area is 296 Å². The van der Waals surface area contributed by atoms with Crippen molar-refractivity contribution < 1.29 is 74.0 Å². The summed E-state index contributed by atoms with van der Waals surface area (Å²) in [5.41, 5.74) is 1.47. The quantitative estimate of drug-likeness (QED) is 0.284. The summed E-state index contributed by atoms with van der Waals surface area (Å²) in [5.74, 6) is -6.47. The molecule has 1 atom stereocenters. The number of piperazine rings is 1. The van der Waals surface area contributed by atoms with Crippen LogP contribution in [0.3, 0.4) is 0 Å². The summed E-state index contributed by atoms with van der Waals surface area (Å²) >= 11 is 0. The van der Waals surface area contributed by atoms with E-state index >= 15 is 0 Å². The normalized spacial score (nSPS) is 18.6. The largest absolute Gasteiger partial charge is 0.490 e. The Morgan fingerprint density at radius 2 is 1.30 bits per heavy atom. The molecule has 2 aromatic heterocycles. The fraction of sp³-hybridized carbons (Fsp3) is 0.667. The number of aliphatic carboxylic acids is 3. The number of aromatic nitrogens is 3. The van der Waals surface area contributed by atoms with Gasteiger partial charge in [0.1, 0.15) is 0 Å². The van der Waals surface area contributed by atoms with E-state index in [0.717, 1.165) is 56.7 Å². The molecule has 4 heterocycles. The summed E-state index contributed by atoms with van der Waals surface area (Å²) in [6.45, 7) is 12.8. The Morgan fingerprint density at radius 1 is 0.792 bits per heavy atom. The van der Waals surface area contributed by atoms with E-state index in [-0.39, 0.29) is 11.9 Å². The van der Waals surface area contributed by atoms with Gasteiger partial charge in [0.25, 0.3) is 5.91 Å². The van der Waals surface area contributed by atoms with Gasteiger partial charge in [-0.05, 0) is 70.7 Å². The number of amides is 1. The summed E-state index contributed by atoms with van der Waals surface area (Å²) in [6.07, 6.45) is -8.03. The zero-order valence-corrected chi connectivity index (χ0v) is 28.5. The first-order valence-electron chi connectivity index (χ1n) is 16.2. The van der Waals surface area contributed by atoms with Crippen molar-refractivity contribution in [1.29, 1.82) is 0 Å². The number of fused-ring (bicyclic) bond motifs is 1. The van der Waals surface area contributed by atoms with Gasteiger partial charge < -0.3 is 25.5 Å². The van der Waals surface area contributed by atoms with Crippen LogP contribution in [0.1, 0.15) is 61.8 Å². The third kappa shape index (κ3) is 15.3. The molecule has 5 rings (SSSR count). The smallest absolute Gasteiger partial charge is 0.475 e. The van der Waals surface area contributed by atoms with E-state index in [9.17, 15) is 44.3 Å². The number of nitrogens with one attached hydrogen (secondary N) is 1. The highest BCUT2D eigenvalue weighted by atomic mass is 19.4. The summed E-state index contributed by atoms with van der Waals surface area (Å²) < 4.78 is 97.2. The predicted molar refractivity (Wildman–Crippen MR) is 166 cm³/mol. The average molecular weight is 782 g/mol. The molecule has 2 aliphatic heterocycles. The maximum absolute atomic E-state index is 12.8. The molecule has 0 bridgehead atoms. The Hall–Kier alpha value is -4.25. The van der Waals surface area contributed by atoms with Crippen molar-refractivity contribution in [3.8, 4) is 0 Å². The summed E-state index contributed by atoms with van der Waals surface area (Å²) in [7, 11) is 0. The predicted octanol–water partition coefficient (Wildman–Crippen LogP) is 3.93. The standard InChI is InChI=1S/C24H37N7O.3C2HF3O2/c1-18(2)30-14-13-29(15-19-5-6-19)17-21(30)23-27-26-22-8-7-20(16-31(22)23)24(32)25-9-12-28-10-3-4-11-28;3*3-2(4,5)1(6)7/h7-8,16,18-19,21H,3-6,9-15,17H2,1-2H3,(H,25,32);3*(H,6,7). The van der Waals surface area contributed by atoms with Crippen LogP contribution in [0.2, 0.25) is 0 Å². The van der Waals surface area contributed by atoms with Crippen molar-refractivity contribution in [3.63, 3.8) is 0 Å². The fourth-order valence-electron chi connectivity index (χ4n) is 5.24. The van der Waals surface area contributed by atoms with Crippen molar-refractivity contribution in [2.24, 2.45) is 5.92 Å². The molecule has 1 amide bonds. The van der Waals surface area contributed by atoms with Crippen LogP contribution >= 0.6 is 0 Å². The number of hydrogen-bond acceptors (Lipinski definition) is 9. The number of hydrogen-bond donors (Lipinski definition) is 4. The number of carbonyl (C=O) groups excluding carboxylic acids is 1. The number of carboxylic acids is 3. The van der Waals surface area contributed by atoms with Crippen LogP contribution in [-0.2, 0) is 14.4 Å². The first-order chi connectivity index (χ1) is 24.4. The van der Waals surface area contributed by atoms with E-state index in [1.807, 2.05) is 22.7 Å². The molecule has 0 radical (unpaired) electrons. The molecule has 2 aromatic rings. The van der Waals surface area contributed by atoms with Crippen molar-refractivity contribution in [3.05, 3.63) is 29.7 Å². The van der Waals surface area contributed by atoms with Gasteiger partial charge in [-0.3, -0.25) is 19.0 Å². The topological polar surface area (TPSA) is 181 Å². The number of carboxylic acid groups (broad SMARTS) is 3. The molecule has 0 spiro atoms. The number of carbonyl (C=O) groups is 4. The Bertz CT molecular complexity index is 1470. The van der Waals surface area contributed by atoms with Gasteiger partial charge in [-0.25, -0.2) is 14.4 Å². The lowest BCUT2D eigenvalue weighted by Gasteiger charge is -2.42. The van der Waals surface area contributed by atoms with E-state index in [1.54, 1.807) is 0 Å². The average Bonchev–Trinajstić information content (AvgIpc) is 3.51. The van der Waals surface area contributed by atoms with Gasteiger partial charge >= 0.3 is 36.4 Å². The maximum Gasteiger partial charge on any atom is 0.490 e. The summed E-state index contributed by atoms with van der Waals surface area (Å²) in [5, 5.41) is 33.5. The fourth-order valence-corrected chi connectivity index (χ4v) is 5.24. The van der Waals surface area contributed by atoms with Crippen molar-refractivity contribution >= 4 is 29.5 Å². The van der Waals surface area contributed by atoms with Crippen molar-refractivity contribution in [2.45, 2.75) is 70.1 Å². The zero-order valence-electron chi connectivity index (χ0n) is 28.5. The van der Waals surface area contributed by atoms with E-state index in [1.165, 1.54) is 32.2 Å². The van der Waals surface area contributed by atoms with Crippen LogP contribution in [0.15, 0.2) is 18.3 Å². The van der Waals surface area contributed by atoms with Gasteiger partial charge in [0.05, 0.1) is 11.6 Å². The van der Waals surface area contributed by atoms with Crippen LogP contribution in [0, 0.1) is 5.92 Å². The van der Waals surface area contributed by atoms with Gasteiger partial charge in [0, 0.05) is 51.5 Å². The summed E-state index contributed by atoms with van der Waals surface area (Å²) in [6, 6.07) is 4.40. The minimum Gasteiger partial charge on any atom is -0.475 e. The van der Waals surface area contributed by atoms with E-state index < -0.39 is 36.4 Å². The van der Waals surface area contributed by atoms with E-state index in [2.05, 4.69) is 44.1 Å². The molecule has 3 aliphatic rings. The van der Waals surface area contributed by atoms with Crippen LogP contribution in [0.5, 0.6) is 0 Å². The Balaban J connectivity index is 0.000000379. The monoisotopic (exact) mass is 781 g/mol. The lowest BCUT2D eigenvalue weighted by atomic mass is 10.1. The molecule has 53 heavy (non-hydrogen) atoms. The number of halogens is 9. The first kappa shape index (κ1) is 44.9. The number of nitrogens with zero attached hydrogens (tertiary/aromatic N) is 6. The van der Waals surface area contributed by atoms with Crippen LogP contribution in [0.4, 0.5) is 39.5 Å². The maximum atomic E-state index is 12.8. The Kier molecular flexibility index (Phi) is 16.3. The number of pyridine rings is 1. The number of rotatable bonds is 8. The molecule has 23 heteroatoms. The molecule has 300 valence electrons. The van der Waals surface area contributed by atoms with E-state index in [0.29, 0.717) is 18.2 Å². The highest BCUT2D eigenvalue weighted by Crippen LogP contribution is 2.33. The Morgan fingerprint density at radius 3 is 1.75 bits per heavy atom. The second-order valence-electron chi connectivity index (χ2n) is 12.5. The van der Waals surface area contributed by atoms with Gasteiger partial charge in [-0.1, -0.05) is 0 Å². The molecule has 3 fully saturated rings. The molecule has 0 aromatic carbocycles. The van der Waals surface area contributed by atoms with Gasteiger partial charge in [0.2, 0.25) is 0 Å². The van der Waals surface area contributed by atoms with Crippen molar-refractivity contribution in [2.75, 3.05) is 52.4 Å². The third-order valence-corrected chi connectivity index (χ3v) is 8.01. The second kappa shape index (κ2) is 19.2. The highest BCUT2D eigenvalue weighted by molar-refractivity contribution is 5.94. The minimum absolute atomic E-state index is 0.0227.